The maximum absolute atomic E-state index is 11.7. The Hall–Kier alpha value is -2.01. The fraction of sp³-hybridized carbons (Fsp3) is 0.286. The number of amides is 1. The van der Waals surface area contributed by atoms with Gasteiger partial charge in [-0.15, -0.1) is 0 Å². The molecule has 0 aliphatic rings. The molecule has 1 heterocycles. The Balaban J connectivity index is 1.78. The van der Waals surface area contributed by atoms with Crippen LogP contribution in [0.1, 0.15) is 11.3 Å². The molecule has 6 heteroatoms. The van der Waals surface area contributed by atoms with Gasteiger partial charge in [-0.25, -0.2) is 0 Å². The molecule has 0 saturated heterocycles. The molecule has 1 aromatic carbocycles. The van der Waals surface area contributed by atoms with Crippen molar-refractivity contribution in [2.75, 3.05) is 6.61 Å². The second-order valence-electron chi connectivity index (χ2n) is 4.43. The van der Waals surface area contributed by atoms with E-state index in [-0.39, 0.29) is 12.5 Å². The maximum Gasteiger partial charge on any atom is 0.258 e. The fourth-order valence-corrected chi connectivity index (χ4v) is 1.87. The first kappa shape index (κ1) is 14.4. The van der Waals surface area contributed by atoms with Gasteiger partial charge in [-0.1, -0.05) is 11.6 Å². The number of nitrogens with zero attached hydrogens (tertiary/aromatic N) is 2. The van der Waals surface area contributed by atoms with Crippen LogP contribution in [-0.4, -0.2) is 22.3 Å². The zero-order valence-electron chi connectivity index (χ0n) is 11.4. The van der Waals surface area contributed by atoms with Crippen molar-refractivity contribution in [1.82, 2.24) is 15.1 Å². The Morgan fingerprint density at radius 1 is 1.40 bits per heavy atom. The number of hydrogen-bond donors (Lipinski definition) is 1. The van der Waals surface area contributed by atoms with Crippen molar-refractivity contribution >= 4 is 17.5 Å². The smallest absolute Gasteiger partial charge is 0.258 e. The van der Waals surface area contributed by atoms with Crippen molar-refractivity contribution in [3.05, 3.63) is 46.7 Å². The molecule has 1 aromatic heterocycles. The Bertz CT molecular complexity index is 593. The van der Waals surface area contributed by atoms with Crippen molar-refractivity contribution in [3.63, 3.8) is 0 Å². The van der Waals surface area contributed by atoms with Crippen molar-refractivity contribution in [2.24, 2.45) is 7.05 Å². The van der Waals surface area contributed by atoms with E-state index in [1.807, 2.05) is 20.2 Å². The summed E-state index contributed by atoms with van der Waals surface area (Å²) in [5, 5.41) is 7.64. The van der Waals surface area contributed by atoms with Gasteiger partial charge in [0, 0.05) is 30.4 Å². The number of aryl methyl sites for hydroxylation is 2. The van der Waals surface area contributed by atoms with Gasteiger partial charge in [0.15, 0.2) is 6.61 Å². The summed E-state index contributed by atoms with van der Waals surface area (Å²) in [6.45, 7) is 2.33. The lowest BCUT2D eigenvalue weighted by atomic mass is 10.2. The molecule has 0 aliphatic carbocycles. The molecule has 1 N–H and O–H groups in total. The predicted molar refractivity (Wildman–Crippen MR) is 76.7 cm³/mol. The lowest BCUT2D eigenvalue weighted by Crippen LogP contribution is -2.28. The van der Waals surface area contributed by atoms with Gasteiger partial charge in [-0.2, -0.15) is 5.10 Å². The molecule has 0 spiro atoms. The SMILES string of the molecule is Cc1nn(C)cc1CNC(=O)COc1ccc(Cl)cc1. The summed E-state index contributed by atoms with van der Waals surface area (Å²) in [7, 11) is 1.85. The quantitative estimate of drug-likeness (QED) is 0.918. The van der Waals surface area contributed by atoms with Gasteiger partial charge in [0.1, 0.15) is 5.75 Å². The fourth-order valence-electron chi connectivity index (χ4n) is 1.75. The Morgan fingerprint density at radius 2 is 2.10 bits per heavy atom. The van der Waals surface area contributed by atoms with E-state index < -0.39 is 0 Å². The van der Waals surface area contributed by atoms with Gasteiger partial charge in [-0.3, -0.25) is 9.48 Å². The second kappa shape index (κ2) is 6.43. The number of hydrogen-bond acceptors (Lipinski definition) is 3. The van der Waals surface area contributed by atoms with E-state index in [9.17, 15) is 4.79 Å². The molecule has 0 saturated carbocycles. The van der Waals surface area contributed by atoms with Crippen LogP contribution < -0.4 is 10.1 Å². The highest BCUT2D eigenvalue weighted by Gasteiger charge is 2.06. The highest BCUT2D eigenvalue weighted by atomic mass is 35.5. The molecule has 0 radical (unpaired) electrons. The summed E-state index contributed by atoms with van der Waals surface area (Å²) < 4.78 is 7.08. The molecular weight excluding hydrogens is 278 g/mol. The van der Waals surface area contributed by atoms with Gasteiger partial charge >= 0.3 is 0 Å². The molecule has 0 fully saturated rings. The summed E-state index contributed by atoms with van der Waals surface area (Å²) in [6, 6.07) is 6.88. The van der Waals surface area contributed by atoms with Crippen LogP contribution in [-0.2, 0) is 18.4 Å². The molecule has 0 atom stereocenters. The van der Waals surface area contributed by atoms with E-state index in [0.29, 0.717) is 17.3 Å². The molecule has 20 heavy (non-hydrogen) atoms. The normalized spacial score (nSPS) is 10.3. The summed E-state index contributed by atoms with van der Waals surface area (Å²) in [4.78, 5) is 11.7. The second-order valence-corrected chi connectivity index (χ2v) is 4.87. The molecule has 0 aliphatic heterocycles. The third-order valence-electron chi connectivity index (χ3n) is 2.77. The monoisotopic (exact) mass is 293 g/mol. The van der Waals surface area contributed by atoms with E-state index >= 15 is 0 Å². The topological polar surface area (TPSA) is 56.2 Å². The van der Waals surface area contributed by atoms with Gasteiger partial charge in [0.25, 0.3) is 5.91 Å². The third-order valence-corrected chi connectivity index (χ3v) is 3.03. The van der Waals surface area contributed by atoms with Crippen LogP contribution in [0, 0.1) is 6.92 Å². The molecule has 2 rings (SSSR count). The molecule has 5 nitrogen and oxygen atoms in total. The van der Waals surface area contributed by atoms with E-state index in [1.54, 1.807) is 28.9 Å². The molecule has 1 amide bonds. The number of halogens is 1. The van der Waals surface area contributed by atoms with Crippen LogP contribution in [0.2, 0.25) is 5.02 Å². The summed E-state index contributed by atoms with van der Waals surface area (Å²) in [5.41, 5.74) is 1.90. The maximum atomic E-state index is 11.7. The number of nitrogens with one attached hydrogen (secondary N) is 1. The van der Waals surface area contributed by atoms with Crippen LogP contribution in [0.5, 0.6) is 5.75 Å². The number of aromatic nitrogens is 2. The zero-order chi connectivity index (χ0) is 14.5. The Kier molecular flexibility index (Phi) is 4.63. The van der Waals surface area contributed by atoms with Crippen LogP contribution in [0.4, 0.5) is 0 Å². The molecule has 2 aromatic rings. The van der Waals surface area contributed by atoms with E-state index in [1.165, 1.54) is 0 Å². The summed E-state index contributed by atoms with van der Waals surface area (Å²) >= 11 is 5.77. The molecule has 0 unspecified atom stereocenters. The minimum absolute atomic E-state index is 0.0268. The molecular formula is C14H16ClN3O2. The Morgan fingerprint density at radius 3 is 2.70 bits per heavy atom. The van der Waals surface area contributed by atoms with Gasteiger partial charge in [-0.05, 0) is 31.2 Å². The van der Waals surface area contributed by atoms with Crippen molar-refractivity contribution in [1.29, 1.82) is 0 Å². The van der Waals surface area contributed by atoms with Crippen molar-refractivity contribution in [2.45, 2.75) is 13.5 Å². The lowest BCUT2D eigenvalue weighted by Gasteiger charge is -2.07. The number of carbonyl (C=O) groups is 1. The first-order valence-electron chi connectivity index (χ1n) is 6.19. The number of rotatable bonds is 5. The Labute approximate surface area is 122 Å². The number of carbonyl (C=O) groups excluding carboxylic acids is 1. The standard InChI is InChI=1S/C14H16ClN3O2/c1-10-11(8-18(2)17-10)7-16-14(19)9-20-13-5-3-12(15)4-6-13/h3-6,8H,7,9H2,1-2H3,(H,16,19). The average Bonchev–Trinajstić information content (AvgIpc) is 2.74. The van der Waals surface area contributed by atoms with Gasteiger partial charge < -0.3 is 10.1 Å². The van der Waals surface area contributed by atoms with Crippen LogP contribution in [0.25, 0.3) is 0 Å². The first-order valence-corrected chi connectivity index (χ1v) is 6.56. The minimum Gasteiger partial charge on any atom is -0.484 e. The molecule has 0 bridgehead atoms. The lowest BCUT2D eigenvalue weighted by molar-refractivity contribution is -0.123. The van der Waals surface area contributed by atoms with Crippen molar-refractivity contribution in [3.8, 4) is 5.75 Å². The van der Waals surface area contributed by atoms with E-state index in [4.69, 9.17) is 16.3 Å². The van der Waals surface area contributed by atoms with Gasteiger partial charge in [0.2, 0.25) is 0 Å². The predicted octanol–water partition coefficient (Wildman–Crippen LogP) is 2.08. The average molecular weight is 294 g/mol. The number of ether oxygens (including phenoxy) is 1. The highest BCUT2D eigenvalue weighted by Crippen LogP contribution is 2.15. The van der Waals surface area contributed by atoms with Crippen molar-refractivity contribution < 1.29 is 9.53 Å². The number of benzene rings is 1. The largest absolute Gasteiger partial charge is 0.484 e. The van der Waals surface area contributed by atoms with E-state index in [2.05, 4.69) is 10.4 Å². The summed E-state index contributed by atoms with van der Waals surface area (Å²) in [5.74, 6) is 0.435. The molecule has 106 valence electrons. The zero-order valence-corrected chi connectivity index (χ0v) is 12.1. The van der Waals surface area contributed by atoms with Crippen LogP contribution >= 0.6 is 11.6 Å². The van der Waals surface area contributed by atoms with Gasteiger partial charge in [0.05, 0.1) is 5.69 Å². The first-order chi connectivity index (χ1) is 9.54. The third kappa shape index (κ3) is 3.99. The van der Waals surface area contributed by atoms with E-state index in [0.717, 1.165) is 11.3 Å². The highest BCUT2D eigenvalue weighted by molar-refractivity contribution is 6.30. The summed E-state index contributed by atoms with van der Waals surface area (Å²) in [6.07, 6.45) is 1.88. The van der Waals surface area contributed by atoms with Crippen LogP contribution in [0.15, 0.2) is 30.5 Å². The minimum atomic E-state index is -0.178. The van der Waals surface area contributed by atoms with Crippen LogP contribution in [0.3, 0.4) is 0 Å².